The number of hydrogen-bond donors (Lipinski definition) is 1. The van der Waals surface area contributed by atoms with Crippen LogP contribution in [0.2, 0.25) is 0 Å². The molecule has 0 saturated heterocycles. The maximum absolute atomic E-state index is 12.3. The Bertz CT molecular complexity index is 1210. The molecule has 0 fully saturated rings. The molecule has 0 radical (unpaired) electrons. The van der Waals surface area contributed by atoms with Gasteiger partial charge in [0.2, 0.25) is 5.91 Å². The van der Waals surface area contributed by atoms with E-state index in [-0.39, 0.29) is 0 Å². The highest BCUT2D eigenvalue weighted by Crippen LogP contribution is 2.37. The molecule has 1 heterocycles. The third-order valence-corrected chi connectivity index (χ3v) is 6.11. The molecule has 0 aliphatic heterocycles. The fourth-order valence-corrected chi connectivity index (χ4v) is 4.44. The van der Waals surface area contributed by atoms with Crippen LogP contribution in [0.25, 0.3) is 17.1 Å². The van der Waals surface area contributed by atoms with E-state index in [9.17, 15) is 4.79 Å². The van der Waals surface area contributed by atoms with E-state index in [1.165, 1.54) is 11.8 Å². The standard InChI is InChI=1S/C25H24N4O2S/c1-3-31-21-14-12-20(13-15-21)29-24(19-11-7-8-17(2)16-19)27-28-25(29)32-22(23(26)30)18-9-5-4-6-10-18/h4-16,22H,3H2,1-2H3,(H2,26,30). The second kappa shape index (κ2) is 9.70. The first-order chi connectivity index (χ1) is 15.6. The van der Waals surface area contributed by atoms with Crippen molar-refractivity contribution in [2.24, 2.45) is 5.73 Å². The first-order valence-electron chi connectivity index (χ1n) is 10.3. The lowest BCUT2D eigenvalue weighted by Crippen LogP contribution is -2.19. The Kier molecular flexibility index (Phi) is 6.56. The van der Waals surface area contributed by atoms with Gasteiger partial charge in [-0.15, -0.1) is 10.2 Å². The minimum atomic E-state index is -0.591. The lowest BCUT2D eigenvalue weighted by molar-refractivity contribution is -0.117. The molecule has 1 atom stereocenters. The number of amides is 1. The first kappa shape index (κ1) is 21.6. The Morgan fingerprint density at radius 2 is 1.78 bits per heavy atom. The van der Waals surface area contributed by atoms with Gasteiger partial charge in [0.1, 0.15) is 11.0 Å². The summed E-state index contributed by atoms with van der Waals surface area (Å²) < 4.78 is 7.54. The summed E-state index contributed by atoms with van der Waals surface area (Å²) in [5, 5.41) is 8.91. The number of nitrogens with zero attached hydrogens (tertiary/aromatic N) is 3. The largest absolute Gasteiger partial charge is 0.494 e. The van der Waals surface area contributed by atoms with Gasteiger partial charge in [-0.05, 0) is 49.7 Å². The molecule has 4 aromatic rings. The number of aromatic nitrogens is 3. The summed E-state index contributed by atoms with van der Waals surface area (Å²) in [6.45, 7) is 4.58. The normalized spacial score (nSPS) is 11.8. The summed E-state index contributed by atoms with van der Waals surface area (Å²) in [5.74, 6) is 1.05. The van der Waals surface area contributed by atoms with Crippen molar-refractivity contribution in [3.05, 3.63) is 90.0 Å². The van der Waals surface area contributed by atoms with Crippen molar-refractivity contribution in [2.45, 2.75) is 24.3 Å². The van der Waals surface area contributed by atoms with Crippen LogP contribution in [-0.2, 0) is 4.79 Å². The maximum Gasteiger partial charge on any atom is 0.235 e. The van der Waals surface area contributed by atoms with Crippen molar-refractivity contribution < 1.29 is 9.53 Å². The number of carbonyl (C=O) groups excluding carboxylic acids is 1. The molecule has 1 aromatic heterocycles. The highest BCUT2D eigenvalue weighted by atomic mass is 32.2. The van der Waals surface area contributed by atoms with E-state index in [1.807, 2.05) is 91.2 Å². The Hall–Kier alpha value is -3.58. The molecule has 1 unspecified atom stereocenters. The van der Waals surface area contributed by atoms with Crippen LogP contribution in [0.4, 0.5) is 0 Å². The zero-order chi connectivity index (χ0) is 22.5. The van der Waals surface area contributed by atoms with E-state index in [4.69, 9.17) is 10.5 Å². The number of aryl methyl sites for hydroxylation is 1. The predicted octanol–water partition coefficient (Wildman–Crippen LogP) is 4.96. The van der Waals surface area contributed by atoms with Gasteiger partial charge in [0.25, 0.3) is 0 Å². The maximum atomic E-state index is 12.3. The SMILES string of the molecule is CCOc1ccc(-n2c(SC(C(N)=O)c3ccccc3)nnc2-c2cccc(C)c2)cc1. The molecule has 0 aliphatic carbocycles. The highest BCUT2D eigenvalue weighted by molar-refractivity contribution is 8.00. The van der Waals surface area contributed by atoms with Crippen LogP contribution in [0.1, 0.15) is 23.3 Å². The van der Waals surface area contributed by atoms with Gasteiger partial charge >= 0.3 is 0 Å². The van der Waals surface area contributed by atoms with Crippen molar-refractivity contribution in [3.63, 3.8) is 0 Å². The zero-order valence-corrected chi connectivity index (χ0v) is 18.8. The number of benzene rings is 3. The van der Waals surface area contributed by atoms with Gasteiger partial charge in [0, 0.05) is 11.3 Å². The third kappa shape index (κ3) is 4.68. The predicted molar refractivity (Wildman–Crippen MR) is 127 cm³/mol. The number of hydrogen-bond acceptors (Lipinski definition) is 5. The van der Waals surface area contributed by atoms with Crippen LogP contribution in [0.15, 0.2) is 84.0 Å². The lowest BCUT2D eigenvalue weighted by atomic mass is 10.1. The van der Waals surface area contributed by atoms with Crippen LogP contribution in [0.5, 0.6) is 5.75 Å². The molecular weight excluding hydrogens is 420 g/mol. The molecule has 7 heteroatoms. The van der Waals surface area contributed by atoms with Crippen molar-refractivity contribution >= 4 is 17.7 Å². The molecule has 162 valence electrons. The second-order valence-electron chi connectivity index (χ2n) is 7.25. The lowest BCUT2D eigenvalue weighted by Gasteiger charge is -2.15. The van der Waals surface area contributed by atoms with Crippen molar-refractivity contribution in [2.75, 3.05) is 6.61 Å². The van der Waals surface area contributed by atoms with E-state index in [2.05, 4.69) is 16.3 Å². The fourth-order valence-electron chi connectivity index (χ4n) is 3.43. The van der Waals surface area contributed by atoms with Crippen molar-refractivity contribution in [1.29, 1.82) is 0 Å². The van der Waals surface area contributed by atoms with Gasteiger partial charge in [-0.3, -0.25) is 9.36 Å². The Labute approximate surface area is 191 Å². The van der Waals surface area contributed by atoms with Gasteiger partial charge in [0.15, 0.2) is 11.0 Å². The number of primary amides is 1. The average molecular weight is 445 g/mol. The monoisotopic (exact) mass is 444 g/mol. The van der Waals surface area contributed by atoms with Crippen LogP contribution < -0.4 is 10.5 Å². The van der Waals surface area contributed by atoms with E-state index < -0.39 is 11.2 Å². The van der Waals surface area contributed by atoms with Crippen LogP contribution in [-0.4, -0.2) is 27.3 Å². The van der Waals surface area contributed by atoms with Gasteiger partial charge in [-0.25, -0.2) is 0 Å². The minimum Gasteiger partial charge on any atom is -0.494 e. The van der Waals surface area contributed by atoms with Gasteiger partial charge < -0.3 is 10.5 Å². The topological polar surface area (TPSA) is 83.0 Å². The fraction of sp³-hybridized carbons (Fsp3) is 0.160. The summed E-state index contributed by atoms with van der Waals surface area (Å²) in [4.78, 5) is 12.3. The molecule has 4 rings (SSSR count). The zero-order valence-electron chi connectivity index (χ0n) is 17.9. The number of carbonyl (C=O) groups is 1. The number of rotatable bonds is 8. The Morgan fingerprint density at radius 1 is 1.03 bits per heavy atom. The molecule has 1 amide bonds. The van der Waals surface area contributed by atoms with Gasteiger partial charge in [0.05, 0.1) is 6.61 Å². The van der Waals surface area contributed by atoms with Crippen LogP contribution in [0, 0.1) is 6.92 Å². The van der Waals surface area contributed by atoms with E-state index in [0.29, 0.717) is 17.6 Å². The van der Waals surface area contributed by atoms with E-state index >= 15 is 0 Å². The van der Waals surface area contributed by atoms with Gasteiger partial charge in [-0.1, -0.05) is 65.9 Å². The molecule has 0 bridgehead atoms. The summed E-state index contributed by atoms with van der Waals surface area (Å²) in [6, 6.07) is 25.3. The highest BCUT2D eigenvalue weighted by Gasteiger charge is 2.25. The molecule has 0 aliphatic rings. The second-order valence-corrected chi connectivity index (χ2v) is 8.32. The summed E-state index contributed by atoms with van der Waals surface area (Å²) in [7, 11) is 0. The number of nitrogens with two attached hydrogens (primary N) is 1. The summed E-state index contributed by atoms with van der Waals surface area (Å²) >= 11 is 1.29. The quantitative estimate of drug-likeness (QED) is 0.388. The van der Waals surface area contributed by atoms with Crippen molar-refractivity contribution in [3.8, 4) is 22.8 Å². The first-order valence-corrected chi connectivity index (χ1v) is 11.2. The molecule has 6 nitrogen and oxygen atoms in total. The molecule has 0 spiro atoms. The summed E-state index contributed by atoms with van der Waals surface area (Å²) in [5.41, 5.74) is 9.52. The van der Waals surface area contributed by atoms with Crippen LogP contribution >= 0.6 is 11.8 Å². The summed E-state index contributed by atoms with van der Waals surface area (Å²) in [6.07, 6.45) is 0. The van der Waals surface area contributed by atoms with Crippen LogP contribution in [0.3, 0.4) is 0 Å². The smallest absolute Gasteiger partial charge is 0.235 e. The molecule has 3 aromatic carbocycles. The van der Waals surface area contributed by atoms with E-state index in [0.717, 1.165) is 28.1 Å². The average Bonchev–Trinajstić information content (AvgIpc) is 3.22. The minimum absolute atomic E-state index is 0.431. The van der Waals surface area contributed by atoms with Crippen molar-refractivity contribution in [1.82, 2.24) is 14.8 Å². The molecule has 0 saturated carbocycles. The van der Waals surface area contributed by atoms with E-state index in [1.54, 1.807) is 0 Å². The Balaban J connectivity index is 1.81. The van der Waals surface area contributed by atoms with Gasteiger partial charge in [-0.2, -0.15) is 0 Å². The third-order valence-electron chi connectivity index (χ3n) is 4.90. The Morgan fingerprint density at radius 3 is 2.44 bits per heavy atom. The number of thioether (sulfide) groups is 1. The molecular formula is C25H24N4O2S. The number of ether oxygens (including phenoxy) is 1. The molecule has 2 N–H and O–H groups in total. The molecule has 32 heavy (non-hydrogen) atoms.